The molecule has 146 valence electrons. The van der Waals surface area contributed by atoms with E-state index < -0.39 is 11.9 Å². The van der Waals surface area contributed by atoms with Crippen LogP contribution in [0, 0.1) is 0 Å². The highest BCUT2D eigenvalue weighted by Crippen LogP contribution is 2.22. The number of nitrogens with one attached hydrogen (secondary N) is 1. The van der Waals surface area contributed by atoms with Crippen LogP contribution in [0.4, 0.5) is 0 Å². The van der Waals surface area contributed by atoms with Crippen molar-refractivity contribution < 1.29 is 23.9 Å². The van der Waals surface area contributed by atoms with Gasteiger partial charge in [0.25, 0.3) is 5.91 Å². The lowest BCUT2D eigenvalue weighted by atomic mass is 9.90. The monoisotopic (exact) mass is 381 g/mol. The Bertz CT molecular complexity index is 890. The summed E-state index contributed by atoms with van der Waals surface area (Å²) in [5, 5.41) is 2.47. The molecule has 0 heterocycles. The number of amides is 1. The Morgan fingerprint density at radius 2 is 1.75 bits per heavy atom. The molecule has 0 bridgehead atoms. The minimum absolute atomic E-state index is 0.249. The summed E-state index contributed by atoms with van der Waals surface area (Å²) in [6.07, 6.45) is 4.34. The molecule has 0 saturated heterocycles. The predicted octanol–water partition coefficient (Wildman–Crippen LogP) is 2.73. The van der Waals surface area contributed by atoms with Crippen LogP contribution in [0.2, 0.25) is 0 Å². The van der Waals surface area contributed by atoms with E-state index in [0.29, 0.717) is 16.9 Å². The van der Waals surface area contributed by atoms with E-state index in [-0.39, 0.29) is 18.9 Å². The van der Waals surface area contributed by atoms with Gasteiger partial charge in [-0.15, -0.1) is 0 Å². The van der Waals surface area contributed by atoms with Gasteiger partial charge in [-0.05, 0) is 61.1 Å². The first-order valence-corrected chi connectivity index (χ1v) is 9.29. The zero-order valence-electron chi connectivity index (χ0n) is 15.8. The van der Waals surface area contributed by atoms with Gasteiger partial charge in [0.05, 0.1) is 7.11 Å². The number of ketones is 1. The summed E-state index contributed by atoms with van der Waals surface area (Å²) in [6, 6.07) is 12.3. The highest BCUT2D eigenvalue weighted by molar-refractivity contribution is 5.99. The summed E-state index contributed by atoms with van der Waals surface area (Å²) in [6.45, 7) is -0.653. The number of hydrogen-bond acceptors (Lipinski definition) is 5. The van der Waals surface area contributed by atoms with Crippen LogP contribution >= 0.6 is 0 Å². The number of rotatable bonds is 7. The van der Waals surface area contributed by atoms with Gasteiger partial charge in [0.15, 0.2) is 12.4 Å². The standard InChI is InChI=1S/C22H23NO5/c1-27-19-8-4-7-18(12-19)22(26)23-13-21(25)28-14-20(24)17-10-9-15-5-2-3-6-16(15)11-17/h4,7-12H,2-3,5-6,13-14H2,1H3,(H,23,26). The van der Waals surface area contributed by atoms with Crippen LogP contribution in [-0.2, 0) is 22.4 Å². The second-order valence-electron chi connectivity index (χ2n) is 6.69. The molecule has 1 aliphatic carbocycles. The van der Waals surface area contributed by atoms with Crippen LogP contribution < -0.4 is 10.1 Å². The molecule has 0 spiro atoms. The zero-order chi connectivity index (χ0) is 19.9. The first-order chi connectivity index (χ1) is 13.6. The summed E-state index contributed by atoms with van der Waals surface area (Å²) in [5.41, 5.74) is 3.42. The molecule has 28 heavy (non-hydrogen) atoms. The van der Waals surface area contributed by atoms with Crippen LogP contribution in [0.25, 0.3) is 0 Å². The van der Waals surface area contributed by atoms with Crippen LogP contribution in [0.1, 0.15) is 44.7 Å². The average molecular weight is 381 g/mol. The van der Waals surface area contributed by atoms with E-state index in [2.05, 4.69) is 5.32 Å². The smallest absolute Gasteiger partial charge is 0.325 e. The van der Waals surface area contributed by atoms with Gasteiger partial charge in [-0.1, -0.05) is 18.2 Å². The molecule has 0 fully saturated rings. The fourth-order valence-electron chi connectivity index (χ4n) is 3.21. The third-order valence-corrected chi connectivity index (χ3v) is 4.76. The first kappa shape index (κ1) is 19.6. The topological polar surface area (TPSA) is 81.7 Å². The maximum atomic E-state index is 12.3. The summed E-state index contributed by atoms with van der Waals surface area (Å²) >= 11 is 0. The van der Waals surface area contributed by atoms with Gasteiger partial charge in [0.1, 0.15) is 12.3 Å². The van der Waals surface area contributed by atoms with E-state index in [1.807, 2.05) is 12.1 Å². The van der Waals surface area contributed by atoms with E-state index in [0.717, 1.165) is 19.3 Å². The number of hydrogen-bond donors (Lipinski definition) is 1. The largest absolute Gasteiger partial charge is 0.497 e. The predicted molar refractivity (Wildman–Crippen MR) is 104 cm³/mol. The van der Waals surface area contributed by atoms with E-state index in [1.54, 1.807) is 30.3 Å². The average Bonchev–Trinajstić information content (AvgIpc) is 2.75. The molecule has 1 aliphatic rings. The fourth-order valence-corrected chi connectivity index (χ4v) is 3.21. The highest BCUT2D eigenvalue weighted by Gasteiger charge is 2.15. The number of carbonyl (C=O) groups is 3. The number of Topliss-reactive ketones (excluding diaryl/α,β-unsaturated/α-hetero) is 1. The van der Waals surface area contributed by atoms with Gasteiger partial charge in [0.2, 0.25) is 0 Å². The van der Waals surface area contributed by atoms with Crippen molar-refractivity contribution in [1.29, 1.82) is 0 Å². The number of esters is 1. The lowest BCUT2D eigenvalue weighted by Crippen LogP contribution is -2.31. The Kier molecular flexibility index (Phi) is 6.42. The molecule has 6 nitrogen and oxygen atoms in total. The summed E-state index contributed by atoms with van der Waals surface area (Å²) in [4.78, 5) is 36.2. The SMILES string of the molecule is COc1cccc(C(=O)NCC(=O)OCC(=O)c2ccc3c(c2)CCCC3)c1. The number of ether oxygens (including phenoxy) is 2. The normalized spacial score (nSPS) is 12.6. The van der Waals surface area contributed by atoms with Crippen LogP contribution in [0.15, 0.2) is 42.5 Å². The molecule has 0 aromatic heterocycles. The van der Waals surface area contributed by atoms with Crippen molar-refractivity contribution in [1.82, 2.24) is 5.32 Å². The maximum Gasteiger partial charge on any atom is 0.325 e. The van der Waals surface area contributed by atoms with Crippen LogP contribution in [0.5, 0.6) is 5.75 Å². The summed E-state index contributed by atoms with van der Waals surface area (Å²) < 4.78 is 10.1. The molecule has 3 rings (SSSR count). The van der Waals surface area contributed by atoms with Gasteiger partial charge in [0, 0.05) is 11.1 Å². The Labute approximate surface area is 163 Å². The van der Waals surface area contributed by atoms with Crippen molar-refractivity contribution >= 4 is 17.7 Å². The minimum atomic E-state index is -0.664. The molecule has 0 radical (unpaired) electrons. The molecular formula is C22H23NO5. The number of benzene rings is 2. The highest BCUT2D eigenvalue weighted by atomic mass is 16.5. The van der Waals surface area contributed by atoms with Crippen molar-refractivity contribution in [3.05, 3.63) is 64.7 Å². The molecule has 2 aromatic carbocycles. The van der Waals surface area contributed by atoms with E-state index in [9.17, 15) is 14.4 Å². The second-order valence-corrected chi connectivity index (χ2v) is 6.69. The molecule has 6 heteroatoms. The number of methoxy groups -OCH3 is 1. The molecule has 0 unspecified atom stereocenters. The number of fused-ring (bicyclic) bond motifs is 1. The lowest BCUT2D eigenvalue weighted by Gasteiger charge is -2.16. The van der Waals surface area contributed by atoms with Gasteiger partial charge in [-0.25, -0.2) is 0 Å². The van der Waals surface area contributed by atoms with Crippen molar-refractivity contribution in [2.75, 3.05) is 20.3 Å². The Balaban J connectivity index is 1.47. The Morgan fingerprint density at radius 3 is 2.54 bits per heavy atom. The number of carbonyl (C=O) groups excluding carboxylic acids is 3. The van der Waals surface area contributed by atoms with Gasteiger partial charge in [-0.2, -0.15) is 0 Å². The van der Waals surface area contributed by atoms with E-state index in [4.69, 9.17) is 9.47 Å². The molecule has 1 N–H and O–H groups in total. The number of aryl methyl sites for hydroxylation is 2. The Morgan fingerprint density at radius 1 is 0.964 bits per heavy atom. The van der Waals surface area contributed by atoms with Gasteiger partial charge >= 0.3 is 5.97 Å². The van der Waals surface area contributed by atoms with Crippen LogP contribution in [0.3, 0.4) is 0 Å². The summed E-state index contributed by atoms with van der Waals surface area (Å²) in [7, 11) is 1.51. The van der Waals surface area contributed by atoms with Crippen molar-refractivity contribution in [2.24, 2.45) is 0 Å². The van der Waals surface area contributed by atoms with Gasteiger partial charge < -0.3 is 14.8 Å². The molecule has 0 aliphatic heterocycles. The Hall–Kier alpha value is -3.15. The molecule has 0 atom stereocenters. The fraction of sp³-hybridized carbons (Fsp3) is 0.318. The lowest BCUT2D eigenvalue weighted by molar-refractivity contribution is -0.141. The first-order valence-electron chi connectivity index (χ1n) is 9.29. The minimum Gasteiger partial charge on any atom is -0.497 e. The summed E-state index contributed by atoms with van der Waals surface area (Å²) in [5.74, 6) is -0.786. The van der Waals surface area contributed by atoms with E-state index in [1.165, 1.54) is 24.7 Å². The quantitative estimate of drug-likeness (QED) is 0.589. The second kappa shape index (κ2) is 9.17. The maximum absolute atomic E-state index is 12.3. The van der Waals surface area contributed by atoms with Crippen molar-refractivity contribution in [3.8, 4) is 5.75 Å². The third-order valence-electron chi connectivity index (χ3n) is 4.76. The van der Waals surface area contributed by atoms with Crippen molar-refractivity contribution in [2.45, 2.75) is 25.7 Å². The van der Waals surface area contributed by atoms with Gasteiger partial charge in [-0.3, -0.25) is 14.4 Å². The zero-order valence-corrected chi connectivity index (χ0v) is 15.8. The van der Waals surface area contributed by atoms with E-state index >= 15 is 0 Å². The van der Waals surface area contributed by atoms with Crippen molar-refractivity contribution in [3.63, 3.8) is 0 Å². The molecule has 2 aromatic rings. The van der Waals surface area contributed by atoms with Crippen LogP contribution in [-0.4, -0.2) is 37.9 Å². The third kappa shape index (κ3) is 4.97. The molecule has 0 saturated carbocycles. The molecular weight excluding hydrogens is 358 g/mol. The molecule has 1 amide bonds.